The zero-order valence-corrected chi connectivity index (χ0v) is 38.7. The zero-order chi connectivity index (χ0) is 42.1. The van der Waals surface area contributed by atoms with Gasteiger partial charge in [0.25, 0.3) is 7.82 Å². The molecule has 0 aromatic rings. The van der Waals surface area contributed by atoms with Crippen LogP contribution in [-0.2, 0) is 32.7 Å². The Hall–Kier alpha value is -1.51. The molecule has 2 atom stereocenters. The van der Waals surface area contributed by atoms with E-state index in [2.05, 4.69) is 38.2 Å². The molecule has 0 aliphatic heterocycles. The van der Waals surface area contributed by atoms with Crippen LogP contribution in [0.25, 0.3) is 0 Å². The molecule has 1 unspecified atom stereocenters. The first-order valence-corrected chi connectivity index (χ1v) is 25.0. The lowest BCUT2D eigenvalue weighted by atomic mass is 10.0. The predicted molar refractivity (Wildman–Crippen MR) is 236 cm³/mol. The van der Waals surface area contributed by atoms with Crippen LogP contribution in [0, 0.1) is 0 Å². The quantitative estimate of drug-likeness (QED) is 0.0196. The van der Waals surface area contributed by atoms with E-state index >= 15 is 0 Å². The van der Waals surface area contributed by atoms with E-state index in [-0.39, 0.29) is 26.1 Å². The van der Waals surface area contributed by atoms with Crippen molar-refractivity contribution in [2.24, 2.45) is 0 Å². The van der Waals surface area contributed by atoms with Crippen molar-refractivity contribution in [3.8, 4) is 0 Å². The molecule has 0 aromatic heterocycles. The predicted octanol–water partition coefficient (Wildman–Crippen LogP) is 12.9. The Labute approximate surface area is 351 Å². The van der Waals surface area contributed by atoms with Gasteiger partial charge in [-0.2, -0.15) is 0 Å². The maximum Gasteiger partial charge on any atom is 0.306 e. The summed E-state index contributed by atoms with van der Waals surface area (Å²) in [7, 11) is 1.15. The van der Waals surface area contributed by atoms with Gasteiger partial charge in [-0.05, 0) is 38.5 Å². The molecule has 0 heterocycles. The number of phosphoric acid groups is 1. The van der Waals surface area contributed by atoms with E-state index in [9.17, 15) is 19.0 Å². The first kappa shape index (κ1) is 55.5. The number of hydrogen-bond acceptors (Lipinski definition) is 8. The molecule has 0 amide bonds. The lowest BCUT2D eigenvalue weighted by Crippen LogP contribution is -2.37. The summed E-state index contributed by atoms with van der Waals surface area (Å²) in [6.45, 7) is 4.21. The minimum absolute atomic E-state index is 0.0347. The molecule has 10 heteroatoms. The summed E-state index contributed by atoms with van der Waals surface area (Å²) in [5.74, 6) is -0.878. The van der Waals surface area contributed by atoms with E-state index in [1.54, 1.807) is 0 Å². The fraction of sp³-hybridized carbons (Fsp3) is 0.872. The Morgan fingerprint density at radius 1 is 0.544 bits per heavy atom. The number of carbonyl (C=O) groups excluding carboxylic acids is 2. The van der Waals surface area contributed by atoms with Crippen molar-refractivity contribution in [2.75, 3.05) is 47.5 Å². The van der Waals surface area contributed by atoms with Crippen LogP contribution >= 0.6 is 7.82 Å². The smallest absolute Gasteiger partial charge is 0.306 e. The van der Waals surface area contributed by atoms with Crippen LogP contribution in [0.15, 0.2) is 24.3 Å². The molecule has 0 aliphatic rings. The van der Waals surface area contributed by atoms with Gasteiger partial charge in [-0.25, -0.2) is 0 Å². The van der Waals surface area contributed by atoms with Gasteiger partial charge in [-0.3, -0.25) is 14.2 Å². The van der Waals surface area contributed by atoms with Gasteiger partial charge >= 0.3 is 11.9 Å². The number of unbranched alkanes of at least 4 members (excludes halogenated alkanes) is 25. The highest BCUT2D eigenvalue weighted by atomic mass is 31.2. The summed E-state index contributed by atoms with van der Waals surface area (Å²) in [4.78, 5) is 37.6. The highest BCUT2D eigenvalue weighted by Crippen LogP contribution is 2.38. The number of allylic oxidation sites excluding steroid dienone is 4. The standard InChI is InChI=1S/C47H90NO8P/c1-6-8-10-12-14-16-18-20-22-24-26-27-29-31-33-35-37-39-46(49)53-43-45(44-55-57(51,52)54-42-41-48(3,4)5)56-47(50)40-38-36-34-32-30-28-25-23-21-19-17-15-13-11-9-7-2/h26-27,31,33,45H,6-25,28-30,32,34-44H2,1-5H3/b27-26+,33-31+/t45-/m1/s1. The molecule has 57 heavy (non-hydrogen) atoms. The number of nitrogens with zero attached hydrogens (tertiary/aromatic N) is 1. The van der Waals surface area contributed by atoms with Gasteiger partial charge in [-0.15, -0.1) is 0 Å². The van der Waals surface area contributed by atoms with E-state index in [1.165, 1.54) is 135 Å². The maximum atomic E-state index is 12.7. The number of rotatable bonds is 43. The van der Waals surface area contributed by atoms with Crippen LogP contribution in [0.5, 0.6) is 0 Å². The Morgan fingerprint density at radius 3 is 1.44 bits per heavy atom. The van der Waals surface area contributed by atoms with E-state index < -0.39 is 32.5 Å². The van der Waals surface area contributed by atoms with Crippen molar-refractivity contribution in [1.82, 2.24) is 0 Å². The number of esters is 2. The molecular formula is C47H90NO8P. The van der Waals surface area contributed by atoms with Gasteiger partial charge in [0.05, 0.1) is 27.7 Å². The third kappa shape index (κ3) is 43.9. The third-order valence-corrected chi connectivity index (χ3v) is 11.2. The fourth-order valence-electron chi connectivity index (χ4n) is 6.52. The first-order chi connectivity index (χ1) is 27.5. The number of ether oxygens (including phenoxy) is 2. The van der Waals surface area contributed by atoms with Gasteiger partial charge < -0.3 is 27.9 Å². The van der Waals surface area contributed by atoms with Crippen LogP contribution in [0.1, 0.15) is 213 Å². The maximum absolute atomic E-state index is 12.7. The van der Waals surface area contributed by atoms with Crippen molar-refractivity contribution in [1.29, 1.82) is 0 Å². The number of likely N-dealkylation sites (N-methyl/N-ethyl adjacent to an activating group) is 1. The Morgan fingerprint density at radius 2 is 0.965 bits per heavy atom. The minimum atomic E-state index is -4.63. The monoisotopic (exact) mass is 828 g/mol. The lowest BCUT2D eigenvalue weighted by Gasteiger charge is -2.28. The van der Waals surface area contributed by atoms with Gasteiger partial charge in [0.2, 0.25) is 0 Å². The molecule has 0 spiro atoms. The Bertz CT molecular complexity index is 1030. The van der Waals surface area contributed by atoms with Crippen LogP contribution in [0.3, 0.4) is 0 Å². The molecule has 0 aromatic carbocycles. The number of carbonyl (C=O) groups is 2. The van der Waals surface area contributed by atoms with E-state index in [4.69, 9.17) is 18.5 Å². The SMILES string of the molecule is CCCCCCCCCCC/C=C/C/C=C/CCCC(=O)OC[C@H](COP(=O)([O-])OCC[N+](C)(C)C)OC(=O)CCCCCCCCCCCCCCCCCC. The van der Waals surface area contributed by atoms with Crippen LogP contribution in [0.4, 0.5) is 0 Å². The molecule has 9 nitrogen and oxygen atoms in total. The van der Waals surface area contributed by atoms with Crippen LogP contribution in [0.2, 0.25) is 0 Å². The van der Waals surface area contributed by atoms with Gasteiger partial charge in [0.15, 0.2) is 6.10 Å². The normalized spacial score (nSPS) is 13.7. The summed E-state index contributed by atoms with van der Waals surface area (Å²) in [5, 5.41) is 0. The summed E-state index contributed by atoms with van der Waals surface area (Å²) >= 11 is 0. The Balaban J connectivity index is 4.36. The van der Waals surface area contributed by atoms with Crippen molar-refractivity contribution in [3.05, 3.63) is 24.3 Å². The van der Waals surface area contributed by atoms with Crippen molar-refractivity contribution < 1.29 is 42.1 Å². The molecule has 336 valence electrons. The summed E-state index contributed by atoms with van der Waals surface area (Å²) in [6.07, 6.45) is 43.5. The highest BCUT2D eigenvalue weighted by Gasteiger charge is 2.21. The zero-order valence-electron chi connectivity index (χ0n) is 37.8. The second kappa shape index (κ2) is 39.9. The van der Waals surface area contributed by atoms with E-state index in [0.717, 1.165) is 38.5 Å². The van der Waals surface area contributed by atoms with Crippen molar-refractivity contribution in [3.63, 3.8) is 0 Å². The third-order valence-electron chi connectivity index (χ3n) is 10.2. The molecule has 0 bridgehead atoms. The topological polar surface area (TPSA) is 111 Å². The second-order valence-electron chi connectivity index (χ2n) is 17.1. The van der Waals surface area contributed by atoms with Crippen LogP contribution in [-0.4, -0.2) is 70.0 Å². The summed E-state index contributed by atoms with van der Waals surface area (Å²) in [5.41, 5.74) is 0. The molecule has 0 aliphatic carbocycles. The number of phosphoric ester groups is 1. The lowest BCUT2D eigenvalue weighted by molar-refractivity contribution is -0.870. The van der Waals surface area contributed by atoms with Crippen LogP contribution < -0.4 is 4.89 Å². The average molecular weight is 828 g/mol. The molecule has 0 saturated heterocycles. The molecule has 0 fully saturated rings. The van der Waals surface area contributed by atoms with Crippen molar-refractivity contribution >= 4 is 19.8 Å². The number of hydrogen-bond donors (Lipinski definition) is 0. The minimum Gasteiger partial charge on any atom is -0.756 e. The summed E-state index contributed by atoms with van der Waals surface area (Å²) in [6, 6.07) is 0. The van der Waals surface area contributed by atoms with Gasteiger partial charge in [-0.1, -0.05) is 186 Å². The highest BCUT2D eigenvalue weighted by molar-refractivity contribution is 7.45. The van der Waals surface area contributed by atoms with Crippen molar-refractivity contribution in [2.45, 2.75) is 219 Å². The Kier molecular flexibility index (Phi) is 38.9. The first-order valence-electron chi connectivity index (χ1n) is 23.5. The molecule has 0 saturated carbocycles. The molecule has 0 radical (unpaired) electrons. The fourth-order valence-corrected chi connectivity index (χ4v) is 7.25. The van der Waals surface area contributed by atoms with E-state index in [1.807, 2.05) is 21.1 Å². The number of quaternary nitrogens is 1. The molecule has 0 N–H and O–H groups in total. The summed E-state index contributed by atoms with van der Waals surface area (Å²) < 4.78 is 33.9. The van der Waals surface area contributed by atoms with Gasteiger partial charge in [0, 0.05) is 12.8 Å². The molecular weight excluding hydrogens is 737 g/mol. The van der Waals surface area contributed by atoms with Gasteiger partial charge in [0.1, 0.15) is 19.8 Å². The molecule has 0 rings (SSSR count). The average Bonchev–Trinajstić information content (AvgIpc) is 3.16. The van der Waals surface area contributed by atoms with E-state index in [0.29, 0.717) is 23.9 Å². The second-order valence-corrected chi connectivity index (χ2v) is 18.5. The largest absolute Gasteiger partial charge is 0.756 e.